The molecule has 0 saturated carbocycles. The van der Waals surface area contributed by atoms with Gasteiger partial charge >= 0.3 is 5.97 Å². The van der Waals surface area contributed by atoms with Crippen LogP contribution >= 0.6 is 0 Å². The Hall–Kier alpha value is -1.40. The van der Waals surface area contributed by atoms with E-state index in [0.29, 0.717) is 0 Å². The van der Waals surface area contributed by atoms with Crippen molar-refractivity contribution in [3.8, 4) is 0 Å². The number of carboxylic acids is 1. The summed E-state index contributed by atoms with van der Waals surface area (Å²) in [6.07, 6.45) is 0. The molecule has 0 heterocycles. The zero-order valence-corrected chi connectivity index (χ0v) is 8.86. The molecule has 82 valence electrons. The predicted octanol–water partition coefficient (Wildman–Crippen LogP) is 0.438. The molecule has 0 spiro atoms. The van der Waals surface area contributed by atoms with Gasteiger partial charge < -0.3 is 5.11 Å². The average Bonchev–Trinajstić information content (AvgIpc) is 2.18. The molecule has 1 rings (SSSR count). The molecule has 0 saturated heterocycles. The first kappa shape index (κ1) is 11.7. The third-order valence-corrected chi connectivity index (χ3v) is 3.31. The van der Waals surface area contributed by atoms with Gasteiger partial charge in [0.05, 0.1) is 4.90 Å². The van der Waals surface area contributed by atoms with Crippen molar-refractivity contribution in [1.29, 1.82) is 0 Å². The summed E-state index contributed by atoms with van der Waals surface area (Å²) < 4.78 is 25.2. The Labute approximate surface area is 87.8 Å². The van der Waals surface area contributed by atoms with Gasteiger partial charge in [-0.05, 0) is 19.1 Å². The van der Waals surface area contributed by atoms with Crippen molar-refractivity contribution in [2.75, 3.05) is 0 Å². The molecular weight excluding hydrogens is 218 g/mol. The molecule has 0 aliphatic rings. The fourth-order valence-corrected chi connectivity index (χ4v) is 2.17. The Morgan fingerprint density at radius 2 is 1.87 bits per heavy atom. The van der Waals surface area contributed by atoms with Crippen LogP contribution in [0.25, 0.3) is 0 Å². The van der Waals surface area contributed by atoms with Crippen LogP contribution in [0.5, 0.6) is 0 Å². The normalized spacial score (nSPS) is 13.4. The van der Waals surface area contributed by atoms with Crippen LogP contribution in [0.4, 0.5) is 0 Å². The SMILES string of the molecule is C[C@@H](NS(=O)(=O)c1ccccc1)C(=O)O. The predicted molar refractivity (Wildman–Crippen MR) is 53.9 cm³/mol. The first-order chi connectivity index (χ1) is 6.93. The summed E-state index contributed by atoms with van der Waals surface area (Å²) in [5.74, 6) is -1.21. The maximum absolute atomic E-state index is 11.6. The molecule has 15 heavy (non-hydrogen) atoms. The molecule has 0 aromatic heterocycles. The Balaban J connectivity index is 2.91. The van der Waals surface area contributed by atoms with E-state index in [1.165, 1.54) is 19.1 Å². The van der Waals surface area contributed by atoms with Crippen LogP contribution in [0.2, 0.25) is 0 Å². The van der Waals surface area contributed by atoms with Crippen LogP contribution < -0.4 is 4.72 Å². The molecule has 1 aromatic rings. The van der Waals surface area contributed by atoms with Crippen molar-refractivity contribution in [2.24, 2.45) is 0 Å². The fraction of sp³-hybridized carbons (Fsp3) is 0.222. The number of benzene rings is 1. The highest BCUT2D eigenvalue weighted by atomic mass is 32.2. The molecule has 0 amide bonds. The van der Waals surface area contributed by atoms with Gasteiger partial charge in [0.1, 0.15) is 6.04 Å². The van der Waals surface area contributed by atoms with Gasteiger partial charge in [0.25, 0.3) is 0 Å². The third-order valence-electron chi connectivity index (χ3n) is 1.76. The van der Waals surface area contributed by atoms with E-state index in [4.69, 9.17) is 5.11 Å². The second-order valence-corrected chi connectivity index (χ2v) is 4.71. The summed E-state index contributed by atoms with van der Waals surface area (Å²) in [5, 5.41) is 8.57. The first-order valence-corrected chi connectivity index (χ1v) is 5.72. The average molecular weight is 229 g/mol. The summed E-state index contributed by atoms with van der Waals surface area (Å²) >= 11 is 0. The van der Waals surface area contributed by atoms with Crippen LogP contribution in [-0.2, 0) is 14.8 Å². The highest BCUT2D eigenvalue weighted by molar-refractivity contribution is 7.89. The maximum Gasteiger partial charge on any atom is 0.321 e. The van der Waals surface area contributed by atoms with Crippen LogP contribution in [0.15, 0.2) is 35.2 Å². The molecule has 0 radical (unpaired) electrons. The van der Waals surface area contributed by atoms with Gasteiger partial charge in [-0.15, -0.1) is 0 Å². The Morgan fingerprint density at radius 1 is 1.33 bits per heavy atom. The van der Waals surface area contributed by atoms with Crippen LogP contribution in [0.1, 0.15) is 6.92 Å². The molecule has 0 aliphatic heterocycles. The van der Waals surface area contributed by atoms with E-state index in [2.05, 4.69) is 0 Å². The summed E-state index contributed by atoms with van der Waals surface area (Å²) in [6.45, 7) is 1.27. The van der Waals surface area contributed by atoms with E-state index in [1.54, 1.807) is 18.2 Å². The Morgan fingerprint density at radius 3 is 2.33 bits per heavy atom. The van der Waals surface area contributed by atoms with Gasteiger partial charge in [-0.3, -0.25) is 4.79 Å². The number of rotatable bonds is 4. The van der Waals surface area contributed by atoms with E-state index in [1.807, 2.05) is 4.72 Å². The van der Waals surface area contributed by atoms with Crippen molar-refractivity contribution < 1.29 is 18.3 Å². The standard InChI is InChI=1S/C9H11NO4S/c1-7(9(11)12)10-15(13,14)8-5-3-2-4-6-8/h2-7,10H,1H3,(H,11,12)/t7-/m1/s1. The quantitative estimate of drug-likeness (QED) is 0.784. The minimum atomic E-state index is -3.74. The van der Waals surface area contributed by atoms with Gasteiger partial charge in [0.2, 0.25) is 10.0 Å². The zero-order valence-electron chi connectivity index (χ0n) is 8.04. The molecule has 5 nitrogen and oxygen atoms in total. The number of nitrogens with one attached hydrogen (secondary N) is 1. The molecule has 0 unspecified atom stereocenters. The van der Waals surface area contributed by atoms with Gasteiger partial charge in [0.15, 0.2) is 0 Å². The minimum absolute atomic E-state index is 0.0538. The third kappa shape index (κ3) is 3.03. The van der Waals surface area contributed by atoms with E-state index < -0.39 is 22.0 Å². The van der Waals surface area contributed by atoms with Crippen LogP contribution in [-0.4, -0.2) is 25.5 Å². The van der Waals surface area contributed by atoms with Crippen molar-refractivity contribution in [1.82, 2.24) is 4.72 Å². The Bertz CT molecular complexity index is 440. The van der Waals surface area contributed by atoms with Crippen LogP contribution in [0.3, 0.4) is 0 Å². The van der Waals surface area contributed by atoms with Gasteiger partial charge in [0, 0.05) is 0 Å². The topological polar surface area (TPSA) is 83.5 Å². The van der Waals surface area contributed by atoms with Gasteiger partial charge in [-0.2, -0.15) is 4.72 Å². The monoisotopic (exact) mass is 229 g/mol. The van der Waals surface area contributed by atoms with Crippen molar-refractivity contribution >= 4 is 16.0 Å². The summed E-state index contributed by atoms with van der Waals surface area (Å²) in [4.78, 5) is 10.5. The van der Waals surface area contributed by atoms with E-state index in [-0.39, 0.29) is 4.90 Å². The van der Waals surface area contributed by atoms with Crippen molar-refractivity contribution in [3.05, 3.63) is 30.3 Å². The fourth-order valence-electron chi connectivity index (χ4n) is 0.951. The van der Waals surface area contributed by atoms with E-state index in [0.717, 1.165) is 0 Å². The minimum Gasteiger partial charge on any atom is -0.480 e. The largest absolute Gasteiger partial charge is 0.480 e. The lowest BCUT2D eigenvalue weighted by molar-refractivity contribution is -0.138. The highest BCUT2D eigenvalue weighted by Crippen LogP contribution is 2.07. The van der Waals surface area contributed by atoms with Gasteiger partial charge in [-0.25, -0.2) is 8.42 Å². The summed E-state index contributed by atoms with van der Waals surface area (Å²) in [7, 11) is -3.74. The number of carbonyl (C=O) groups is 1. The maximum atomic E-state index is 11.6. The van der Waals surface area contributed by atoms with Crippen LogP contribution in [0, 0.1) is 0 Å². The highest BCUT2D eigenvalue weighted by Gasteiger charge is 2.20. The molecule has 0 bridgehead atoms. The Kier molecular flexibility index (Phi) is 3.43. The van der Waals surface area contributed by atoms with Crippen molar-refractivity contribution in [3.63, 3.8) is 0 Å². The molecule has 1 atom stereocenters. The van der Waals surface area contributed by atoms with Crippen molar-refractivity contribution in [2.45, 2.75) is 17.9 Å². The molecule has 0 aliphatic carbocycles. The van der Waals surface area contributed by atoms with Gasteiger partial charge in [-0.1, -0.05) is 18.2 Å². The number of carboxylic acid groups (broad SMARTS) is 1. The first-order valence-electron chi connectivity index (χ1n) is 4.23. The molecule has 1 aromatic carbocycles. The molecule has 6 heteroatoms. The van der Waals surface area contributed by atoms with E-state index in [9.17, 15) is 13.2 Å². The molecular formula is C9H11NO4S. The summed E-state index contributed by atoms with van der Waals surface area (Å²) in [6, 6.07) is 6.48. The smallest absolute Gasteiger partial charge is 0.321 e. The summed E-state index contributed by atoms with van der Waals surface area (Å²) in [5.41, 5.74) is 0. The number of hydrogen-bond acceptors (Lipinski definition) is 3. The number of hydrogen-bond donors (Lipinski definition) is 2. The zero-order chi connectivity index (χ0) is 11.5. The second-order valence-electron chi connectivity index (χ2n) is 2.99. The molecule has 2 N–H and O–H groups in total. The number of sulfonamides is 1. The molecule has 0 fully saturated rings. The lowest BCUT2D eigenvalue weighted by Crippen LogP contribution is -2.38. The van der Waals surface area contributed by atoms with E-state index >= 15 is 0 Å². The number of aliphatic carboxylic acids is 1. The lowest BCUT2D eigenvalue weighted by atomic mass is 10.4. The second kappa shape index (κ2) is 4.41. The lowest BCUT2D eigenvalue weighted by Gasteiger charge is -2.09.